The molecule has 0 unspecified atom stereocenters. The summed E-state index contributed by atoms with van der Waals surface area (Å²) in [7, 11) is 0. The maximum atomic E-state index is 11.6. The first-order valence-electron chi connectivity index (χ1n) is 4.65. The lowest BCUT2D eigenvalue weighted by Crippen LogP contribution is -2.34. The summed E-state index contributed by atoms with van der Waals surface area (Å²) in [4.78, 5) is 23.1. The molecule has 0 aliphatic carbocycles. The lowest BCUT2D eigenvalue weighted by molar-refractivity contribution is 0.0845. The van der Waals surface area contributed by atoms with Gasteiger partial charge in [0.05, 0.1) is 0 Å². The van der Waals surface area contributed by atoms with Crippen molar-refractivity contribution in [2.75, 3.05) is 0 Å². The number of rotatable bonds is 0. The predicted octanol–water partition coefficient (Wildman–Crippen LogP) is 2.36. The molecule has 0 saturated heterocycles. The quantitative estimate of drug-likeness (QED) is 0.683. The highest BCUT2D eigenvalue weighted by atomic mass is 16.2. The van der Waals surface area contributed by atoms with Crippen LogP contribution < -0.4 is 5.32 Å². The van der Waals surface area contributed by atoms with Crippen molar-refractivity contribution in [3.8, 4) is 0 Å². The van der Waals surface area contributed by atoms with Gasteiger partial charge in [-0.3, -0.25) is 14.9 Å². The highest BCUT2D eigenvalue weighted by molar-refractivity contribution is 6.25. The Bertz CT molecular complexity index is 553. The van der Waals surface area contributed by atoms with E-state index in [0.29, 0.717) is 11.1 Å². The molecular weight excluding hydrogens is 202 g/mol. The number of imide groups is 1. The molecule has 1 aliphatic rings. The molecule has 2 aromatic carbocycles. The van der Waals surface area contributed by atoms with Crippen molar-refractivity contribution in [2.24, 2.45) is 0 Å². The Morgan fingerprint density at radius 2 is 1.31 bits per heavy atom. The Hall–Kier alpha value is -2.16. The van der Waals surface area contributed by atoms with E-state index in [1.165, 1.54) is 0 Å². The van der Waals surface area contributed by atoms with E-state index in [2.05, 4.69) is 5.32 Å². The van der Waals surface area contributed by atoms with E-state index < -0.39 is 0 Å². The normalized spacial score (nSPS) is 13.2. The first-order chi connectivity index (χ1) is 7.27. The maximum Gasteiger partial charge on any atom is 0.258 e. The first kappa shape index (κ1) is 10.4. The second-order valence-corrected chi connectivity index (χ2v) is 3.49. The Labute approximate surface area is 93.1 Å². The van der Waals surface area contributed by atoms with Crippen LogP contribution in [0, 0.1) is 0 Å². The van der Waals surface area contributed by atoms with Crippen LogP contribution in [0.15, 0.2) is 36.4 Å². The minimum Gasteiger partial charge on any atom is -0.288 e. The molecule has 0 spiro atoms. The minimum atomic E-state index is -0.315. The van der Waals surface area contributed by atoms with Crippen LogP contribution in [0.2, 0.25) is 0 Å². The minimum absolute atomic E-state index is 0. The summed E-state index contributed by atoms with van der Waals surface area (Å²) in [5.74, 6) is -0.631. The fraction of sp³-hybridized carbons (Fsp3) is 0.0769. The van der Waals surface area contributed by atoms with E-state index in [1.807, 2.05) is 24.3 Å². The zero-order valence-electron chi connectivity index (χ0n) is 7.78. The summed E-state index contributed by atoms with van der Waals surface area (Å²) in [5, 5.41) is 4.00. The molecule has 16 heavy (non-hydrogen) atoms. The predicted molar refractivity (Wildman–Crippen MR) is 62.5 cm³/mol. The third-order valence-electron chi connectivity index (χ3n) is 2.62. The fourth-order valence-electron chi connectivity index (χ4n) is 1.96. The van der Waals surface area contributed by atoms with Gasteiger partial charge in [-0.1, -0.05) is 31.7 Å². The zero-order chi connectivity index (χ0) is 10.4. The third kappa shape index (κ3) is 1.21. The van der Waals surface area contributed by atoms with Gasteiger partial charge in [0.25, 0.3) is 11.8 Å². The molecule has 2 amide bonds. The highest BCUT2D eigenvalue weighted by Crippen LogP contribution is 2.25. The summed E-state index contributed by atoms with van der Waals surface area (Å²) in [6.07, 6.45) is 0. The number of nitrogens with one attached hydrogen (secondary N) is 1. The van der Waals surface area contributed by atoms with Crippen LogP contribution in [0.3, 0.4) is 0 Å². The van der Waals surface area contributed by atoms with E-state index in [-0.39, 0.29) is 19.2 Å². The summed E-state index contributed by atoms with van der Waals surface area (Å²) in [6.45, 7) is 0. The molecule has 80 valence electrons. The third-order valence-corrected chi connectivity index (χ3v) is 2.62. The number of amides is 2. The Morgan fingerprint density at radius 3 is 1.81 bits per heavy atom. The van der Waals surface area contributed by atoms with Crippen molar-refractivity contribution in [1.29, 1.82) is 0 Å². The van der Waals surface area contributed by atoms with Crippen LogP contribution in [0.25, 0.3) is 10.8 Å². The summed E-state index contributed by atoms with van der Waals surface area (Å²) in [6, 6.07) is 10.9. The average molecular weight is 213 g/mol. The van der Waals surface area contributed by atoms with Gasteiger partial charge in [0.15, 0.2) is 0 Å². The maximum absolute atomic E-state index is 11.6. The van der Waals surface area contributed by atoms with Crippen molar-refractivity contribution < 1.29 is 9.59 Å². The summed E-state index contributed by atoms with van der Waals surface area (Å²) < 4.78 is 0. The van der Waals surface area contributed by atoms with Crippen molar-refractivity contribution in [3.05, 3.63) is 47.5 Å². The van der Waals surface area contributed by atoms with Crippen LogP contribution >= 0.6 is 0 Å². The van der Waals surface area contributed by atoms with Crippen LogP contribution in [-0.2, 0) is 0 Å². The molecule has 0 aromatic heterocycles. The van der Waals surface area contributed by atoms with Gasteiger partial charge in [-0.2, -0.15) is 0 Å². The van der Waals surface area contributed by atoms with Gasteiger partial charge in [0.2, 0.25) is 0 Å². The van der Waals surface area contributed by atoms with E-state index in [0.717, 1.165) is 10.8 Å². The molecule has 3 rings (SSSR count). The van der Waals surface area contributed by atoms with Crippen molar-refractivity contribution in [1.82, 2.24) is 5.32 Å². The van der Waals surface area contributed by atoms with Crippen molar-refractivity contribution >= 4 is 22.6 Å². The highest BCUT2D eigenvalue weighted by Gasteiger charge is 2.23. The van der Waals surface area contributed by atoms with Crippen molar-refractivity contribution in [2.45, 2.75) is 7.43 Å². The summed E-state index contributed by atoms with van der Waals surface area (Å²) >= 11 is 0. The van der Waals surface area contributed by atoms with Gasteiger partial charge in [0.1, 0.15) is 0 Å². The topological polar surface area (TPSA) is 46.2 Å². The van der Waals surface area contributed by atoms with Gasteiger partial charge in [0, 0.05) is 16.5 Å². The van der Waals surface area contributed by atoms with Gasteiger partial charge < -0.3 is 0 Å². The van der Waals surface area contributed by atoms with E-state index in [4.69, 9.17) is 0 Å². The molecule has 1 heterocycles. The van der Waals surface area contributed by atoms with Crippen molar-refractivity contribution in [3.63, 3.8) is 0 Å². The van der Waals surface area contributed by atoms with E-state index in [9.17, 15) is 9.59 Å². The van der Waals surface area contributed by atoms with Gasteiger partial charge >= 0.3 is 0 Å². The van der Waals surface area contributed by atoms with E-state index in [1.54, 1.807) is 12.1 Å². The smallest absolute Gasteiger partial charge is 0.258 e. The molecule has 0 bridgehead atoms. The van der Waals surface area contributed by atoms with Gasteiger partial charge in [-0.05, 0) is 17.5 Å². The standard InChI is InChI=1S/C12H7NO2.CH4/c14-11-8-5-1-3-7-4-2-6-9(10(7)8)12(15)13-11;/h1-6H,(H,13,14,15);1H4. The molecule has 0 atom stereocenters. The Kier molecular flexibility index (Phi) is 2.23. The average Bonchev–Trinajstić information content (AvgIpc) is 2.25. The molecule has 0 saturated carbocycles. The van der Waals surface area contributed by atoms with Crippen LogP contribution in [-0.4, -0.2) is 11.8 Å². The number of carbonyl (C=O) groups is 2. The molecule has 3 nitrogen and oxygen atoms in total. The number of hydrogen-bond acceptors (Lipinski definition) is 2. The first-order valence-corrected chi connectivity index (χ1v) is 4.65. The molecule has 1 aliphatic heterocycles. The molecule has 0 radical (unpaired) electrons. The molecule has 2 aromatic rings. The number of benzene rings is 2. The zero-order valence-corrected chi connectivity index (χ0v) is 7.78. The van der Waals surface area contributed by atoms with E-state index >= 15 is 0 Å². The number of hydrogen-bond donors (Lipinski definition) is 1. The second kappa shape index (κ2) is 3.45. The summed E-state index contributed by atoms with van der Waals surface area (Å²) in [5.41, 5.74) is 1.14. The van der Waals surface area contributed by atoms with Gasteiger partial charge in [-0.15, -0.1) is 0 Å². The lowest BCUT2D eigenvalue weighted by atomic mass is 9.95. The largest absolute Gasteiger partial charge is 0.288 e. The molecular formula is C13H11NO2. The fourth-order valence-corrected chi connectivity index (χ4v) is 1.96. The van der Waals surface area contributed by atoms with Crippen LogP contribution in [0.1, 0.15) is 28.1 Å². The molecule has 3 heteroatoms. The number of carbonyl (C=O) groups excluding carboxylic acids is 2. The monoisotopic (exact) mass is 213 g/mol. The molecule has 0 fully saturated rings. The van der Waals surface area contributed by atoms with Crippen LogP contribution in [0.5, 0.6) is 0 Å². The van der Waals surface area contributed by atoms with Crippen LogP contribution in [0.4, 0.5) is 0 Å². The Morgan fingerprint density at radius 1 is 0.812 bits per heavy atom. The lowest BCUT2D eigenvalue weighted by Gasteiger charge is -2.15. The SMILES string of the molecule is C.O=C1NC(=O)c2cccc3cccc1c23. The molecule has 1 N–H and O–H groups in total. The Balaban J connectivity index is 0.000000963. The second-order valence-electron chi connectivity index (χ2n) is 3.49. The van der Waals surface area contributed by atoms with Gasteiger partial charge in [-0.25, -0.2) is 0 Å².